The third-order valence-corrected chi connectivity index (χ3v) is 4.69. The van der Waals surface area contributed by atoms with E-state index in [0.717, 1.165) is 25.1 Å². The number of nitrogens with zero attached hydrogens (tertiary/aromatic N) is 1. The van der Waals surface area contributed by atoms with Crippen LogP contribution in [0.4, 0.5) is 0 Å². The summed E-state index contributed by atoms with van der Waals surface area (Å²) in [6.45, 7) is 7.04. The van der Waals surface area contributed by atoms with Gasteiger partial charge in [0.15, 0.2) is 0 Å². The smallest absolute Gasteiger partial charge is 0.347 e. The van der Waals surface area contributed by atoms with Crippen molar-refractivity contribution < 1.29 is 14.3 Å². The molecule has 1 fully saturated rings. The van der Waals surface area contributed by atoms with Crippen LogP contribution < -0.4 is 0 Å². The molecule has 1 saturated heterocycles. The molecule has 2 rings (SSSR count). The van der Waals surface area contributed by atoms with E-state index in [1.165, 1.54) is 0 Å². The molecule has 0 aromatic carbocycles. The molecule has 0 N–H and O–H groups in total. The number of hydrogen-bond donors (Lipinski definition) is 0. The zero-order chi connectivity index (χ0) is 13.5. The predicted molar refractivity (Wildman–Crippen MR) is 72.3 cm³/mol. The second kappa shape index (κ2) is 4.85. The van der Waals surface area contributed by atoms with Gasteiger partial charge in [0.2, 0.25) is 0 Å². The zero-order valence-electron chi connectivity index (χ0n) is 11.3. The maximum atomic E-state index is 11.6. The second-order valence-electron chi connectivity index (χ2n) is 5.41. The van der Waals surface area contributed by atoms with Crippen LogP contribution in [0.5, 0.6) is 0 Å². The van der Waals surface area contributed by atoms with Crippen molar-refractivity contribution in [2.24, 2.45) is 0 Å². The Balaban J connectivity index is 2.30. The van der Waals surface area contributed by atoms with Gasteiger partial charge in [0.25, 0.3) is 0 Å². The van der Waals surface area contributed by atoms with Crippen molar-refractivity contribution in [2.45, 2.75) is 51.4 Å². The molecule has 2 heterocycles. The summed E-state index contributed by atoms with van der Waals surface area (Å²) in [5.74, 6) is -0.265. The van der Waals surface area contributed by atoms with E-state index in [9.17, 15) is 4.79 Å². The molecule has 0 saturated carbocycles. The van der Waals surface area contributed by atoms with E-state index < -0.39 is 0 Å². The van der Waals surface area contributed by atoms with Gasteiger partial charge in [-0.05, 0) is 49.5 Å². The Hall–Kier alpha value is -0.550. The third kappa shape index (κ3) is 2.18. The summed E-state index contributed by atoms with van der Waals surface area (Å²) >= 11 is 3.36. The van der Waals surface area contributed by atoms with Crippen LogP contribution in [0.1, 0.15) is 33.6 Å². The molecule has 0 aromatic heterocycles. The van der Waals surface area contributed by atoms with Crippen LogP contribution in [-0.2, 0) is 14.3 Å². The molecular weight excluding hydrogens is 298 g/mol. The molecule has 2 aliphatic heterocycles. The topological polar surface area (TPSA) is 38.8 Å². The third-order valence-electron chi connectivity index (χ3n) is 3.96. The van der Waals surface area contributed by atoms with Gasteiger partial charge in [-0.25, -0.2) is 4.79 Å². The van der Waals surface area contributed by atoms with Crippen molar-refractivity contribution in [1.29, 1.82) is 0 Å². The number of carbonyl (C=O) groups is 1. The molecule has 0 unspecified atom stereocenters. The van der Waals surface area contributed by atoms with E-state index in [4.69, 9.17) is 9.47 Å². The summed E-state index contributed by atoms with van der Waals surface area (Å²) in [5.41, 5.74) is 0.731. The molecular formula is C13H20BrNO3. The molecule has 0 amide bonds. The fraction of sp³-hybridized carbons (Fsp3) is 0.769. The summed E-state index contributed by atoms with van der Waals surface area (Å²) in [5, 5.41) is 0. The van der Waals surface area contributed by atoms with Gasteiger partial charge in [-0.1, -0.05) is 0 Å². The summed E-state index contributed by atoms with van der Waals surface area (Å²) < 4.78 is 11.4. The van der Waals surface area contributed by atoms with Gasteiger partial charge in [0.05, 0.1) is 17.3 Å². The Morgan fingerprint density at radius 3 is 2.67 bits per heavy atom. The minimum atomic E-state index is -0.265. The average Bonchev–Trinajstić information content (AvgIpc) is 2.86. The van der Waals surface area contributed by atoms with Gasteiger partial charge < -0.3 is 14.4 Å². The Morgan fingerprint density at radius 2 is 2.17 bits per heavy atom. The maximum absolute atomic E-state index is 11.6. The number of cyclic esters (lactones) is 1. The van der Waals surface area contributed by atoms with E-state index in [2.05, 4.69) is 34.7 Å². The van der Waals surface area contributed by atoms with Crippen LogP contribution in [0, 0.1) is 0 Å². The van der Waals surface area contributed by atoms with Crippen LogP contribution in [0.2, 0.25) is 0 Å². The van der Waals surface area contributed by atoms with Gasteiger partial charge >= 0.3 is 5.97 Å². The van der Waals surface area contributed by atoms with Crippen molar-refractivity contribution in [3.05, 3.63) is 10.2 Å². The highest BCUT2D eigenvalue weighted by molar-refractivity contribution is 9.12. The molecule has 0 aliphatic carbocycles. The van der Waals surface area contributed by atoms with Gasteiger partial charge in [-0.3, -0.25) is 0 Å². The predicted octanol–water partition coefficient (Wildman–Crippen LogP) is 2.43. The lowest BCUT2D eigenvalue weighted by Gasteiger charge is -2.39. The minimum absolute atomic E-state index is 0.180. The first-order valence-electron chi connectivity index (χ1n) is 6.31. The molecule has 0 bridgehead atoms. The molecule has 4 nitrogen and oxygen atoms in total. The molecule has 18 heavy (non-hydrogen) atoms. The molecule has 0 radical (unpaired) electrons. The largest absolute Gasteiger partial charge is 0.452 e. The lowest BCUT2D eigenvalue weighted by molar-refractivity contribution is -0.138. The van der Waals surface area contributed by atoms with Crippen molar-refractivity contribution in [3.8, 4) is 0 Å². The Labute approximate surface area is 116 Å². The van der Waals surface area contributed by atoms with Crippen LogP contribution in [0.25, 0.3) is 0 Å². The number of halogens is 1. The normalized spacial score (nSPS) is 29.2. The van der Waals surface area contributed by atoms with Gasteiger partial charge in [-0.15, -0.1) is 0 Å². The fourth-order valence-corrected chi connectivity index (χ4v) is 3.47. The quantitative estimate of drug-likeness (QED) is 0.749. The number of ether oxygens (including phenoxy) is 2. The van der Waals surface area contributed by atoms with Crippen LogP contribution >= 0.6 is 15.9 Å². The van der Waals surface area contributed by atoms with Crippen LogP contribution in [-0.4, -0.2) is 42.3 Å². The monoisotopic (exact) mass is 317 g/mol. The summed E-state index contributed by atoms with van der Waals surface area (Å²) in [4.78, 5) is 13.9. The number of hydrogen-bond acceptors (Lipinski definition) is 4. The number of methoxy groups -OCH3 is 1. The second-order valence-corrected chi connectivity index (χ2v) is 6.20. The summed E-state index contributed by atoms with van der Waals surface area (Å²) in [6.07, 6.45) is 2.01. The first kappa shape index (κ1) is 13.9. The Morgan fingerprint density at radius 1 is 1.50 bits per heavy atom. The van der Waals surface area contributed by atoms with Gasteiger partial charge in [-0.2, -0.15) is 0 Å². The lowest BCUT2D eigenvalue weighted by Crippen LogP contribution is -2.47. The van der Waals surface area contributed by atoms with E-state index in [0.29, 0.717) is 4.48 Å². The van der Waals surface area contributed by atoms with Gasteiger partial charge in [0, 0.05) is 13.7 Å². The Kier molecular flexibility index (Phi) is 3.74. The number of likely N-dealkylation sites (tertiary alicyclic amines) is 1. The van der Waals surface area contributed by atoms with Crippen molar-refractivity contribution in [3.63, 3.8) is 0 Å². The summed E-state index contributed by atoms with van der Waals surface area (Å²) in [7, 11) is 1.74. The molecule has 0 aromatic rings. The molecule has 0 spiro atoms. The number of rotatable bonds is 3. The molecule has 102 valence electrons. The molecule has 5 heteroatoms. The molecule has 2 atom stereocenters. The standard InChI is InChI=1S/C13H20BrNO3/c1-8-11(10(14)12(16)18-8)15-7-5-6-9(15)13(2,3)17-4/h8-9H,5-7H2,1-4H3/t8-,9-/m0/s1. The zero-order valence-corrected chi connectivity index (χ0v) is 12.9. The Bertz CT molecular complexity index is 392. The highest BCUT2D eigenvalue weighted by Crippen LogP contribution is 2.38. The number of carbonyl (C=O) groups excluding carboxylic acids is 1. The highest BCUT2D eigenvalue weighted by atomic mass is 79.9. The van der Waals surface area contributed by atoms with E-state index in [-0.39, 0.29) is 23.7 Å². The van der Waals surface area contributed by atoms with Crippen molar-refractivity contribution in [2.75, 3.05) is 13.7 Å². The van der Waals surface area contributed by atoms with Gasteiger partial charge in [0.1, 0.15) is 10.6 Å². The SMILES string of the molecule is COC(C)(C)[C@@H]1CCCN1C1=C(Br)C(=O)O[C@H]1C. The average molecular weight is 318 g/mol. The summed E-state index contributed by atoms with van der Waals surface area (Å²) in [6, 6.07) is 0.280. The number of esters is 1. The van der Waals surface area contributed by atoms with E-state index in [1.54, 1.807) is 7.11 Å². The first-order valence-corrected chi connectivity index (χ1v) is 7.10. The highest BCUT2D eigenvalue weighted by Gasteiger charge is 2.43. The van der Waals surface area contributed by atoms with E-state index >= 15 is 0 Å². The lowest BCUT2D eigenvalue weighted by atomic mass is 9.95. The van der Waals surface area contributed by atoms with Crippen LogP contribution in [0.3, 0.4) is 0 Å². The molecule has 2 aliphatic rings. The first-order chi connectivity index (χ1) is 8.38. The maximum Gasteiger partial charge on any atom is 0.347 e. The minimum Gasteiger partial charge on any atom is -0.452 e. The van der Waals surface area contributed by atoms with Crippen molar-refractivity contribution in [1.82, 2.24) is 4.90 Å². The van der Waals surface area contributed by atoms with Crippen LogP contribution in [0.15, 0.2) is 10.2 Å². The van der Waals surface area contributed by atoms with Crippen molar-refractivity contribution >= 4 is 21.9 Å². The fourth-order valence-electron chi connectivity index (χ4n) is 2.82. The van der Waals surface area contributed by atoms with E-state index in [1.807, 2.05) is 6.92 Å².